The highest BCUT2D eigenvalue weighted by molar-refractivity contribution is 5.41. The van der Waals surface area contributed by atoms with Crippen molar-refractivity contribution < 1.29 is 4.74 Å². The summed E-state index contributed by atoms with van der Waals surface area (Å²) in [7, 11) is 3.81. The largest absolute Gasteiger partial charge is 0.496 e. The molecular formula is C19H23NO. The number of benzene rings is 2. The molecule has 0 radical (unpaired) electrons. The minimum Gasteiger partial charge on any atom is -0.496 e. The van der Waals surface area contributed by atoms with Crippen molar-refractivity contribution >= 4 is 0 Å². The number of hydrogen-bond donors (Lipinski definition) is 1. The fourth-order valence-electron chi connectivity index (χ4n) is 3.57. The highest BCUT2D eigenvalue weighted by atomic mass is 16.5. The van der Waals surface area contributed by atoms with E-state index in [1.54, 1.807) is 7.11 Å². The van der Waals surface area contributed by atoms with Gasteiger partial charge in [-0.2, -0.15) is 0 Å². The number of ether oxygens (including phenoxy) is 1. The van der Waals surface area contributed by atoms with Crippen LogP contribution in [0.25, 0.3) is 0 Å². The lowest BCUT2D eigenvalue weighted by molar-refractivity contribution is 0.363. The average Bonchev–Trinajstić information content (AvgIpc) is 2.92. The first-order valence-corrected chi connectivity index (χ1v) is 7.61. The van der Waals surface area contributed by atoms with Crippen molar-refractivity contribution in [2.45, 2.75) is 25.8 Å². The summed E-state index contributed by atoms with van der Waals surface area (Å²) in [6, 6.07) is 15.6. The van der Waals surface area contributed by atoms with Crippen LogP contribution < -0.4 is 10.1 Å². The quantitative estimate of drug-likeness (QED) is 0.923. The summed E-state index contributed by atoms with van der Waals surface area (Å²) < 4.78 is 5.58. The molecule has 2 heteroatoms. The van der Waals surface area contributed by atoms with Gasteiger partial charge in [-0.1, -0.05) is 42.0 Å². The average molecular weight is 281 g/mol. The van der Waals surface area contributed by atoms with Crippen LogP contribution >= 0.6 is 0 Å². The van der Waals surface area contributed by atoms with Crippen molar-refractivity contribution in [3.63, 3.8) is 0 Å². The molecule has 0 fully saturated rings. The summed E-state index contributed by atoms with van der Waals surface area (Å²) in [4.78, 5) is 0. The van der Waals surface area contributed by atoms with Crippen molar-refractivity contribution in [2.24, 2.45) is 5.92 Å². The smallest absolute Gasteiger partial charge is 0.123 e. The van der Waals surface area contributed by atoms with E-state index < -0.39 is 0 Å². The molecule has 0 bridgehead atoms. The van der Waals surface area contributed by atoms with E-state index in [1.165, 1.54) is 22.3 Å². The summed E-state index contributed by atoms with van der Waals surface area (Å²) in [6.07, 6.45) is 2.28. The molecule has 1 N–H and O–H groups in total. The first-order chi connectivity index (χ1) is 10.2. The lowest BCUT2D eigenvalue weighted by Gasteiger charge is -2.25. The van der Waals surface area contributed by atoms with Gasteiger partial charge in [0, 0.05) is 11.6 Å². The summed E-state index contributed by atoms with van der Waals surface area (Å²) in [5.41, 5.74) is 5.54. The van der Waals surface area contributed by atoms with E-state index in [2.05, 4.69) is 61.8 Å². The molecule has 110 valence electrons. The second-order valence-corrected chi connectivity index (χ2v) is 5.95. The maximum atomic E-state index is 5.58. The van der Waals surface area contributed by atoms with Crippen molar-refractivity contribution in [3.8, 4) is 5.75 Å². The van der Waals surface area contributed by atoms with Crippen molar-refractivity contribution in [3.05, 3.63) is 64.7 Å². The van der Waals surface area contributed by atoms with E-state index in [-0.39, 0.29) is 0 Å². The van der Waals surface area contributed by atoms with E-state index >= 15 is 0 Å². The molecule has 0 aromatic heterocycles. The summed E-state index contributed by atoms with van der Waals surface area (Å²) in [5, 5.41) is 3.52. The highest BCUT2D eigenvalue weighted by Crippen LogP contribution is 2.38. The van der Waals surface area contributed by atoms with Gasteiger partial charge >= 0.3 is 0 Å². The molecule has 0 saturated carbocycles. The summed E-state index contributed by atoms with van der Waals surface area (Å²) in [5.74, 6) is 1.57. The third kappa shape index (κ3) is 2.68. The minimum absolute atomic E-state index is 0.326. The zero-order valence-corrected chi connectivity index (χ0v) is 13.0. The number of methoxy groups -OCH3 is 1. The lowest BCUT2D eigenvalue weighted by Crippen LogP contribution is -2.26. The van der Waals surface area contributed by atoms with Gasteiger partial charge in [-0.25, -0.2) is 0 Å². The van der Waals surface area contributed by atoms with E-state index in [0.717, 1.165) is 18.6 Å². The molecule has 1 atom stereocenters. The second kappa shape index (κ2) is 5.90. The third-order valence-electron chi connectivity index (χ3n) is 4.59. The van der Waals surface area contributed by atoms with Gasteiger partial charge in [-0.3, -0.25) is 0 Å². The van der Waals surface area contributed by atoms with E-state index in [4.69, 9.17) is 4.74 Å². The number of hydrogen-bond acceptors (Lipinski definition) is 2. The van der Waals surface area contributed by atoms with Crippen molar-refractivity contribution in [1.82, 2.24) is 5.32 Å². The van der Waals surface area contributed by atoms with Crippen LogP contribution in [0.4, 0.5) is 0 Å². The second-order valence-electron chi connectivity index (χ2n) is 5.95. The maximum Gasteiger partial charge on any atom is 0.123 e. The van der Waals surface area contributed by atoms with Gasteiger partial charge in [0.1, 0.15) is 5.75 Å². The summed E-state index contributed by atoms with van der Waals surface area (Å²) >= 11 is 0. The van der Waals surface area contributed by atoms with Gasteiger partial charge in [0.05, 0.1) is 7.11 Å². The lowest BCUT2D eigenvalue weighted by atomic mass is 9.89. The van der Waals surface area contributed by atoms with Gasteiger partial charge in [0.2, 0.25) is 0 Å². The van der Waals surface area contributed by atoms with E-state index in [1.807, 2.05) is 0 Å². The van der Waals surface area contributed by atoms with Crippen molar-refractivity contribution in [1.29, 1.82) is 0 Å². The summed E-state index contributed by atoms with van der Waals surface area (Å²) in [6.45, 7) is 2.14. The van der Waals surface area contributed by atoms with E-state index in [9.17, 15) is 0 Å². The SMILES string of the molecule is CNC(c1cc(C)ccc1OC)C1Cc2ccccc2C1. The minimum atomic E-state index is 0.326. The van der Waals surface area contributed by atoms with Gasteiger partial charge in [-0.05, 0) is 49.9 Å². The normalized spacial score (nSPS) is 15.8. The Labute approximate surface area is 127 Å². The first kappa shape index (κ1) is 14.2. The molecule has 0 heterocycles. The fourth-order valence-corrected chi connectivity index (χ4v) is 3.57. The van der Waals surface area contributed by atoms with Crippen LogP contribution in [0.15, 0.2) is 42.5 Å². The van der Waals surface area contributed by atoms with Gasteiger partial charge < -0.3 is 10.1 Å². The molecule has 1 aliphatic rings. The van der Waals surface area contributed by atoms with E-state index in [0.29, 0.717) is 12.0 Å². The monoisotopic (exact) mass is 281 g/mol. The molecule has 2 aromatic rings. The molecule has 1 aliphatic carbocycles. The Morgan fingerprint density at radius 1 is 1.10 bits per heavy atom. The zero-order valence-electron chi connectivity index (χ0n) is 13.0. The Kier molecular flexibility index (Phi) is 3.98. The molecule has 2 nitrogen and oxygen atoms in total. The molecule has 21 heavy (non-hydrogen) atoms. The zero-order chi connectivity index (χ0) is 14.8. The number of nitrogens with one attached hydrogen (secondary N) is 1. The highest BCUT2D eigenvalue weighted by Gasteiger charge is 2.30. The Bertz CT molecular complexity index is 610. The van der Waals surface area contributed by atoms with Crippen LogP contribution in [-0.4, -0.2) is 14.2 Å². The fraction of sp³-hybridized carbons (Fsp3) is 0.368. The van der Waals surface area contributed by atoms with Crippen LogP contribution in [0.1, 0.15) is 28.3 Å². The predicted octanol–water partition coefficient (Wildman–Crippen LogP) is 3.68. The molecule has 2 aromatic carbocycles. The topological polar surface area (TPSA) is 21.3 Å². The number of fused-ring (bicyclic) bond motifs is 1. The molecule has 1 unspecified atom stereocenters. The van der Waals surface area contributed by atoms with Crippen LogP contribution in [0.3, 0.4) is 0 Å². The number of rotatable bonds is 4. The molecule has 0 aliphatic heterocycles. The van der Waals surface area contributed by atoms with Crippen LogP contribution in [0.2, 0.25) is 0 Å². The predicted molar refractivity (Wildman–Crippen MR) is 86.9 cm³/mol. The van der Waals surface area contributed by atoms with Gasteiger partial charge in [0.15, 0.2) is 0 Å². The van der Waals surface area contributed by atoms with Crippen LogP contribution in [0.5, 0.6) is 5.75 Å². The molecule has 0 amide bonds. The molecule has 0 saturated heterocycles. The van der Waals surface area contributed by atoms with Gasteiger partial charge in [-0.15, -0.1) is 0 Å². The first-order valence-electron chi connectivity index (χ1n) is 7.61. The Balaban J connectivity index is 1.92. The Morgan fingerprint density at radius 3 is 2.33 bits per heavy atom. The molecule has 3 rings (SSSR count). The van der Waals surface area contributed by atoms with Gasteiger partial charge in [0.25, 0.3) is 0 Å². The molecule has 0 spiro atoms. The third-order valence-corrected chi connectivity index (χ3v) is 4.59. The molecular weight excluding hydrogens is 258 g/mol. The number of aryl methyl sites for hydroxylation is 1. The van der Waals surface area contributed by atoms with Crippen LogP contribution in [0, 0.1) is 12.8 Å². The van der Waals surface area contributed by atoms with Crippen LogP contribution in [-0.2, 0) is 12.8 Å². The van der Waals surface area contributed by atoms with Crippen molar-refractivity contribution in [2.75, 3.05) is 14.2 Å². The Hall–Kier alpha value is -1.80. The standard InChI is InChI=1S/C19H23NO/c1-13-8-9-18(21-3)17(10-13)19(20-2)16-11-14-6-4-5-7-15(14)12-16/h4-10,16,19-20H,11-12H2,1-3H3. The maximum absolute atomic E-state index is 5.58. The Morgan fingerprint density at radius 2 is 1.76 bits per heavy atom.